The number of nitrogens with zero attached hydrogens (tertiary/aromatic N) is 8. The number of hydrogen-bond donors (Lipinski definition) is 0. The zero-order chi connectivity index (χ0) is 40.1. The van der Waals surface area contributed by atoms with Crippen LogP contribution >= 0.6 is 0 Å². The molecule has 8 heteroatoms. The Morgan fingerprint density at radius 2 is 0.650 bits per heavy atom. The van der Waals surface area contributed by atoms with Gasteiger partial charge in [0.05, 0.1) is 34.2 Å². The highest BCUT2D eigenvalue weighted by Gasteiger charge is 2.17. The maximum atomic E-state index is 5.14. The van der Waals surface area contributed by atoms with Crippen molar-refractivity contribution >= 4 is 0 Å². The van der Waals surface area contributed by atoms with E-state index in [0.29, 0.717) is 34.7 Å². The van der Waals surface area contributed by atoms with Gasteiger partial charge in [-0.3, -0.25) is 9.97 Å². The van der Waals surface area contributed by atoms with Crippen LogP contribution < -0.4 is 0 Å². The first-order valence-electron chi connectivity index (χ1n) is 19.6. The Balaban J connectivity index is 1.09. The fourth-order valence-electron chi connectivity index (χ4n) is 7.05. The molecule has 10 aromatic rings. The van der Waals surface area contributed by atoms with Crippen molar-refractivity contribution in [2.24, 2.45) is 0 Å². The van der Waals surface area contributed by atoms with E-state index in [1.54, 1.807) is 6.20 Å². The number of aromatic nitrogens is 8. The molecule has 0 aliphatic carbocycles. The molecule has 5 aromatic carbocycles. The van der Waals surface area contributed by atoms with Gasteiger partial charge < -0.3 is 0 Å². The Kier molecular flexibility index (Phi) is 9.75. The van der Waals surface area contributed by atoms with Crippen molar-refractivity contribution in [1.29, 1.82) is 0 Å². The van der Waals surface area contributed by atoms with E-state index in [4.69, 9.17) is 34.9 Å². The molecule has 0 fully saturated rings. The van der Waals surface area contributed by atoms with E-state index in [1.165, 1.54) is 0 Å². The van der Waals surface area contributed by atoms with Crippen LogP contribution in [0.1, 0.15) is 0 Å². The number of rotatable bonds is 9. The molecular weight excluding hydrogens is 737 g/mol. The van der Waals surface area contributed by atoms with Gasteiger partial charge in [-0.15, -0.1) is 0 Å². The van der Waals surface area contributed by atoms with Crippen LogP contribution in [0.3, 0.4) is 0 Å². The molecule has 0 atom stereocenters. The zero-order valence-corrected chi connectivity index (χ0v) is 32.2. The predicted octanol–water partition coefficient (Wildman–Crippen LogP) is 11.8. The summed E-state index contributed by atoms with van der Waals surface area (Å²) in [5.74, 6) is 2.44. The molecule has 5 heterocycles. The van der Waals surface area contributed by atoms with Crippen LogP contribution in [0, 0.1) is 0 Å². The second-order valence-electron chi connectivity index (χ2n) is 14.1. The van der Waals surface area contributed by atoms with Crippen molar-refractivity contribution in [3.05, 3.63) is 207 Å². The molecular formula is C52H34N8. The predicted molar refractivity (Wildman–Crippen MR) is 238 cm³/mol. The Labute approximate surface area is 347 Å². The fourth-order valence-corrected chi connectivity index (χ4v) is 7.05. The summed E-state index contributed by atoms with van der Waals surface area (Å²) in [6.07, 6.45) is 3.59. The third-order valence-corrected chi connectivity index (χ3v) is 10.1. The average Bonchev–Trinajstić information content (AvgIpc) is 3.35. The molecule has 0 unspecified atom stereocenters. The molecule has 0 bridgehead atoms. The summed E-state index contributed by atoms with van der Waals surface area (Å²) in [4.78, 5) is 39.6. The van der Waals surface area contributed by atoms with E-state index in [-0.39, 0.29) is 0 Å². The molecule has 0 amide bonds. The van der Waals surface area contributed by atoms with Gasteiger partial charge >= 0.3 is 0 Å². The van der Waals surface area contributed by atoms with E-state index < -0.39 is 0 Å². The van der Waals surface area contributed by atoms with Gasteiger partial charge in [0, 0.05) is 45.8 Å². The topological polar surface area (TPSA) is 103 Å². The van der Waals surface area contributed by atoms with Crippen molar-refractivity contribution in [3.8, 4) is 102 Å². The third kappa shape index (κ3) is 7.68. The second-order valence-corrected chi connectivity index (χ2v) is 14.1. The first-order valence-corrected chi connectivity index (χ1v) is 19.6. The van der Waals surface area contributed by atoms with Crippen molar-refractivity contribution in [1.82, 2.24) is 39.9 Å². The molecule has 0 N–H and O–H groups in total. The van der Waals surface area contributed by atoms with Crippen LogP contribution in [0.25, 0.3) is 102 Å². The lowest BCUT2D eigenvalue weighted by Gasteiger charge is -2.12. The summed E-state index contributed by atoms with van der Waals surface area (Å²) in [5, 5.41) is 0. The van der Waals surface area contributed by atoms with Crippen LogP contribution in [0.2, 0.25) is 0 Å². The van der Waals surface area contributed by atoms with Gasteiger partial charge in [-0.2, -0.15) is 0 Å². The molecule has 282 valence electrons. The summed E-state index contributed by atoms with van der Waals surface area (Å²) in [6, 6.07) is 64.5. The standard InChI is InChI=1S/C52H34N8/c1-5-16-35(17-6-1)44-34-45(57-49(56-44)36-18-7-2-8-19-36)40-27-29-54-46(31-40)48-33-42(32-47(55-48)43-26-13-14-28-53-43)39-24-15-25-41(30-39)52-59-50(37-20-9-3-10-21-37)58-51(60-52)38-22-11-4-12-23-38/h1-34H. The molecule has 60 heavy (non-hydrogen) atoms. The van der Waals surface area contributed by atoms with Crippen molar-refractivity contribution in [2.75, 3.05) is 0 Å². The molecule has 0 spiro atoms. The summed E-state index contributed by atoms with van der Waals surface area (Å²) in [6.45, 7) is 0. The molecule has 10 rings (SSSR count). The molecule has 0 aliphatic heterocycles. The summed E-state index contributed by atoms with van der Waals surface area (Å²) in [5.41, 5.74) is 11.9. The minimum atomic E-state index is 0.577. The smallest absolute Gasteiger partial charge is 0.164 e. The molecule has 8 nitrogen and oxygen atoms in total. The van der Waals surface area contributed by atoms with Gasteiger partial charge in [0.25, 0.3) is 0 Å². The Morgan fingerprint density at radius 3 is 1.23 bits per heavy atom. The number of hydrogen-bond acceptors (Lipinski definition) is 8. The minimum Gasteiger partial charge on any atom is -0.255 e. The maximum Gasteiger partial charge on any atom is 0.164 e. The van der Waals surface area contributed by atoms with Crippen molar-refractivity contribution in [3.63, 3.8) is 0 Å². The van der Waals surface area contributed by atoms with Crippen LogP contribution in [0.15, 0.2) is 207 Å². The average molecular weight is 771 g/mol. The molecule has 0 radical (unpaired) electrons. The lowest BCUT2D eigenvalue weighted by Crippen LogP contribution is -2.00. The number of benzene rings is 5. The third-order valence-electron chi connectivity index (χ3n) is 10.1. The van der Waals surface area contributed by atoms with E-state index in [2.05, 4.69) is 41.4 Å². The lowest BCUT2D eigenvalue weighted by molar-refractivity contribution is 1.07. The Bertz CT molecular complexity index is 2770. The van der Waals surface area contributed by atoms with E-state index in [1.807, 2.05) is 164 Å². The van der Waals surface area contributed by atoms with E-state index >= 15 is 0 Å². The Hall–Kier alpha value is -8.36. The van der Waals surface area contributed by atoms with Crippen LogP contribution in [-0.4, -0.2) is 39.9 Å². The SMILES string of the molecule is c1ccc(-c2cc(-c3ccnc(-c4cc(-c5cccc(-c6nc(-c7ccccc7)nc(-c7ccccc7)n6)c5)cc(-c5ccccn5)n4)c3)nc(-c3ccccc3)n2)cc1. The second kappa shape index (κ2) is 16.2. The minimum absolute atomic E-state index is 0.577. The molecule has 0 aliphatic rings. The highest BCUT2D eigenvalue weighted by Crippen LogP contribution is 2.34. The lowest BCUT2D eigenvalue weighted by atomic mass is 10.00. The van der Waals surface area contributed by atoms with E-state index in [0.717, 1.165) is 67.3 Å². The van der Waals surface area contributed by atoms with Gasteiger partial charge in [-0.1, -0.05) is 146 Å². The van der Waals surface area contributed by atoms with Crippen LogP contribution in [-0.2, 0) is 0 Å². The summed E-state index contributed by atoms with van der Waals surface area (Å²) in [7, 11) is 0. The maximum absolute atomic E-state index is 5.14. The summed E-state index contributed by atoms with van der Waals surface area (Å²) >= 11 is 0. The van der Waals surface area contributed by atoms with Crippen molar-refractivity contribution in [2.45, 2.75) is 0 Å². The van der Waals surface area contributed by atoms with Gasteiger partial charge in [0.15, 0.2) is 23.3 Å². The number of pyridine rings is 3. The van der Waals surface area contributed by atoms with Crippen LogP contribution in [0.5, 0.6) is 0 Å². The molecule has 5 aromatic heterocycles. The van der Waals surface area contributed by atoms with E-state index in [9.17, 15) is 0 Å². The summed E-state index contributed by atoms with van der Waals surface area (Å²) < 4.78 is 0. The normalized spacial score (nSPS) is 11.0. The highest BCUT2D eigenvalue weighted by atomic mass is 15.0. The van der Waals surface area contributed by atoms with Gasteiger partial charge in [-0.25, -0.2) is 29.9 Å². The molecule has 0 saturated heterocycles. The fraction of sp³-hybridized carbons (Fsp3) is 0. The first kappa shape index (κ1) is 36.0. The van der Waals surface area contributed by atoms with Gasteiger partial charge in [0.2, 0.25) is 0 Å². The highest BCUT2D eigenvalue weighted by molar-refractivity contribution is 5.80. The first-order chi connectivity index (χ1) is 29.7. The zero-order valence-electron chi connectivity index (χ0n) is 32.2. The van der Waals surface area contributed by atoms with Crippen molar-refractivity contribution < 1.29 is 0 Å². The quantitative estimate of drug-likeness (QED) is 0.143. The largest absolute Gasteiger partial charge is 0.255 e. The Morgan fingerprint density at radius 1 is 0.200 bits per heavy atom. The van der Waals surface area contributed by atoms with Gasteiger partial charge in [-0.05, 0) is 59.7 Å². The molecule has 0 saturated carbocycles. The monoisotopic (exact) mass is 770 g/mol. The van der Waals surface area contributed by atoms with Crippen LogP contribution in [0.4, 0.5) is 0 Å². The van der Waals surface area contributed by atoms with Gasteiger partial charge in [0.1, 0.15) is 0 Å².